The second-order valence-corrected chi connectivity index (χ2v) is 11.2. The Hall–Kier alpha value is -4.64. The van der Waals surface area contributed by atoms with Crippen molar-refractivity contribution < 1.29 is 18.4 Å². The van der Waals surface area contributed by atoms with Gasteiger partial charge in [0, 0.05) is 30.4 Å². The first-order valence-corrected chi connectivity index (χ1v) is 14.1. The highest BCUT2D eigenvalue weighted by atomic mass is 35.5. The normalized spacial score (nSPS) is 16.3. The zero-order chi connectivity index (χ0) is 30.7. The number of rotatable bonds is 4. The quantitative estimate of drug-likeness (QED) is 0.330. The minimum Gasteiger partial charge on any atom is -0.340 e. The molecule has 0 spiro atoms. The summed E-state index contributed by atoms with van der Waals surface area (Å²) >= 11 is 6.85. The van der Waals surface area contributed by atoms with Crippen molar-refractivity contribution in [1.29, 1.82) is 0 Å². The van der Waals surface area contributed by atoms with E-state index in [1.807, 2.05) is 13.8 Å². The van der Waals surface area contributed by atoms with Gasteiger partial charge in [-0.15, -0.1) is 0 Å². The maximum Gasteiger partial charge on any atom is 0.354 e. The predicted octanol–water partition coefficient (Wildman–Crippen LogP) is 4.97. The molecule has 6 rings (SSSR count). The van der Waals surface area contributed by atoms with Crippen LogP contribution in [0.5, 0.6) is 0 Å². The van der Waals surface area contributed by atoms with E-state index in [-0.39, 0.29) is 70.0 Å². The van der Waals surface area contributed by atoms with Crippen LogP contribution in [-0.4, -0.2) is 56.9 Å². The van der Waals surface area contributed by atoms with Crippen molar-refractivity contribution in [2.75, 3.05) is 29.9 Å². The second-order valence-electron chi connectivity index (χ2n) is 10.8. The Balaban J connectivity index is 1.77. The van der Waals surface area contributed by atoms with E-state index in [9.17, 15) is 14.4 Å². The number of carbonyl (C=O) groups excluding carboxylic acids is 2. The number of hydrogen-bond acceptors (Lipinski definition) is 6. The summed E-state index contributed by atoms with van der Waals surface area (Å²) < 4.78 is 33.5. The molecule has 220 valence electrons. The highest BCUT2D eigenvalue weighted by Gasteiger charge is 2.41. The molecule has 2 aromatic carbocycles. The Labute approximate surface area is 250 Å². The molecule has 2 aliphatic heterocycles. The Morgan fingerprint density at radius 2 is 1.93 bits per heavy atom. The molecule has 4 aromatic rings. The fourth-order valence-electron chi connectivity index (χ4n) is 5.91. The lowest BCUT2D eigenvalue weighted by atomic mass is 9.99. The van der Waals surface area contributed by atoms with Gasteiger partial charge in [0.25, 0.3) is 0 Å². The van der Waals surface area contributed by atoms with E-state index >= 15 is 8.78 Å². The molecule has 0 radical (unpaired) electrons. The van der Waals surface area contributed by atoms with Gasteiger partial charge < -0.3 is 15.1 Å². The lowest BCUT2D eigenvalue weighted by molar-refractivity contribution is -0.128. The Kier molecular flexibility index (Phi) is 7.00. The van der Waals surface area contributed by atoms with Crippen molar-refractivity contribution in [1.82, 2.24) is 19.4 Å². The van der Waals surface area contributed by atoms with Gasteiger partial charge >= 0.3 is 5.69 Å². The van der Waals surface area contributed by atoms with Crippen LogP contribution in [0.15, 0.2) is 54.0 Å². The third-order valence-corrected chi connectivity index (χ3v) is 8.33. The molecule has 2 aliphatic rings. The van der Waals surface area contributed by atoms with Crippen LogP contribution in [0.3, 0.4) is 0 Å². The van der Waals surface area contributed by atoms with E-state index in [1.54, 1.807) is 24.1 Å². The first-order chi connectivity index (χ1) is 20.5. The SMILES string of the molecule is C=CC(=O)N1CCN2c3nc(=O)n(-c4c(C)ccnc4C(C)C)c4c(F)c(-c5ccccc5F)c(Cl)c(c34)NC(=O)C2C1. The molecule has 9 nitrogen and oxygen atoms in total. The number of amides is 2. The summed E-state index contributed by atoms with van der Waals surface area (Å²) in [6.07, 6.45) is 2.77. The van der Waals surface area contributed by atoms with Crippen LogP contribution in [0.25, 0.3) is 27.7 Å². The average Bonchev–Trinajstić information content (AvgIpc) is 3.10. The number of nitrogens with one attached hydrogen (secondary N) is 1. The van der Waals surface area contributed by atoms with E-state index in [1.165, 1.54) is 29.2 Å². The van der Waals surface area contributed by atoms with Gasteiger partial charge in [0.05, 0.1) is 34.0 Å². The standard InChI is InChI=1S/C31H27ClF2N6O3/c1-5-20(41)38-12-13-39-19(14-38)30(42)36-26-22-28(24(34)21(23(26)32)17-8-6-7-9-18(17)33)40(31(43)37-29(22)39)27-16(4)10-11-35-25(27)15(2)3/h5-11,15,19H,1,12-14H2,2-4H3,(H,36,42). The highest BCUT2D eigenvalue weighted by molar-refractivity contribution is 6.39. The highest BCUT2D eigenvalue weighted by Crippen LogP contribution is 2.47. The number of halogens is 3. The fraction of sp³-hybridized carbons (Fsp3) is 0.258. The zero-order valence-corrected chi connectivity index (χ0v) is 24.4. The summed E-state index contributed by atoms with van der Waals surface area (Å²) in [5, 5.41) is 2.64. The van der Waals surface area contributed by atoms with Crippen LogP contribution in [-0.2, 0) is 9.59 Å². The van der Waals surface area contributed by atoms with Crippen LogP contribution in [0.4, 0.5) is 20.3 Å². The number of fused-ring (bicyclic) bond motifs is 2. The molecular formula is C31H27ClF2N6O3. The molecule has 0 aliphatic carbocycles. The van der Waals surface area contributed by atoms with Crippen LogP contribution in [0, 0.1) is 18.6 Å². The molecule has 4 heterocycles. The van der Waals surface area contributed by atoms with Crippen molar-refractivity contribution in [3.05, 3.63) is 87.6 Å². The smallest absolute Gasteiger partial charge is 0.340 e. The van der Waals surface area contributed by atoms with Gasteiger partial charge in [0.15, 0.2) is 5.82 Å². The molecule has 43 heavy (non-hydrogen) atoms. The number of pyridine rings is 1. The van der Waals surface area contributed by atoms with Gasteiger partial charge in [0.2, 0.25) is 11.8 Å². The molecule has 1 atom stereocenters. The van der Waals surface area contributed by atoms with E-state index in [0.29, 0.717) is 16.9 Å². The molecule has 2 aromatic heterocycles. The van der Waals surface area contributed by atoms with Gasteiger partial charge in [-0.3, -0.25) is 19.1 Å². The van der Waals surface area contributed by atoms with E-state index in [4.69, 9.17) is 11.6 Å². The van der Waals surface area contributed by atoms with Crippen molar-refractivity contribution in [2.24, 2.45) is 0 Å². The lowest BCUT2D eigenvalue weighted by Crippen LogP contribution is -2.58. The molecule has 1 N–H and O–H groups in total. The van der Waals surface area contributed by atoms with Gasteiger partial charge in [-0.2, -0.15) is 4.98 Å². The summed E-state index contributed by atoms with van der Waals surface area (Å²) in [5.41, 5.74) is -0.0257. The third-order valence-electron chi connectivity index (χ3n) is 7.95. The first-order valence-electron chi connectivity index (χ1n) is 13.7. The maximum atomic E-state index is 17.1. The molecule has 0 bridgehead atoms. The van der Waals surface area contributed by atoms with Crippen molar-refractivity contribution >= 4 is 45.8 Å². The summed E-state index contributed by atoms with van der Waals surface area (Å²) in [5.74, 6) is -2.73. The van der Waals surface area contributed by atoms with Crippen molar-refractivity contribution in [2.45, 2.75) is 32.7 Å². The zero-order valence-electron chi connectivity index (χ0n) is 23.6. The number of carbonyl (C=O) groups is 2. The number of aryl methyl sites for hydroxylation is 1. The van der Waals surface area contributed by atoms with Gasteiger partial charge in [0.1, 0.15) is 23.2 Å². The lowest BCUT2D eigenvalue weighted by Gasteiger charge is -2.40. The number of piperazine rings is 1. The van der Waals surface area contributed by atoms with Crippen molar-refractivity contribution in [3.63, 3.8) is 0 Å². The number of aromatic nitrogens is 3. The summed E-state index contributed by atoms with van der Waals surface area (Å²) in [7, 11) is 0. The van der Waals surface area contributed by atoms with Crippen LogP contribution < -0.4 is 15.9 Å². The topological polar surface area (TPSA) is 100 Å². The summed E-state index contributed by atoms with van der Waals surface area (Å²) in [6, 6.07) is 6.27. The molecule has 2 amide bonds. The third kappa shape index (κ3) is 4.37. The first kappa shape index (κ1) is 28.5. The number of anilines is 2. The molecule has 12 heteroatoms. The minimum absolute atomic E-state index is 0.0128. The largest absolute Gasteiger partial charge is 0.354 e. The second kappa shape index (κ2) is 10.6. The number of hydrogen-bond donors (Lipinski definition) is 1. The fourth-order valence-corrected chi connectivity index (χ4v) is 6.24. The Morgan fingerprint density at radius 1 is 1.19 bits per heavy atom. The maximum absolute atomic E-state index is 17.1. The minimum atomic E-state index is -0.974. The van der Waals surface area contributed by atoms with Crippen molar-refractivity contribution in [3.8, 4) is 16.8 Å². The van der Waals surface area contributed by atoms with Crippen LogP contribution >= 0.6 is 11.6 Å². The molecule has 1 saturated heterocycles. The molecular weight excluding hydrogens is 578 g/mol. The number of nitrogens with zero attached hydrogens (tertiary/aromatic N) is 5. The van der Waals surface area contributed by atoms with Gasteiger partial charge in [-0.05, 0) is 36.6 Å². The van der Waals surface area contributed by atoms with E-state index in [2.05, 4.69) is 21.9 Å². The molecule has 1 fully saturated rings. The van der Waals surface area contributed by atoms with E-state index in [0.717, 1.165) is 10.6 Å². The summed E-state index contributed by atoms with van der Waals surface area (Å²) in [4.78, 5) is 52.2. The molecule has 1 unspecified atom stereocenters. The summed E-state index contributed by atoms with van der Waals surface area (Å²) in [6.45, 7) is 9.39. The van der Waals surface area contributed by atoms with Gasteiger partial charge in [-0.25, -0.2) is 13.6 Å². The van der Waals surface area contributed by atoms with E-state index < -0.39 is 29.3 Å². The predicted molar refractivity (Wildman–Crippen MR) is 161 cm³/mol. The number of benzene rings is 2. The van der Waals surface area contributed by atoms with Crippen LogP contribution in [0.2, 0.25) is 5.02 Å². The average molecular weight is 605 g/mol. The Bertz CT molecular complexity index is 1920. The van der Waals surface area contributed by atoms with Crippen LogP contribution in [0.1, 0.15) is 31.0 Å². The molecule has 0 saturated carbocycles. The Morgan fingerprint density at radius 3 is 2.63 bits per heavy atom. The monoisotopic (exact) mass is 604 g/mol. The van der Waals surface area contributed by atoms with Gasteiger partial charge in [-0.1, -0.05) is 50.2 Å².